The summed E-state index contributed by atoms with van der Waals surface area (Å²) in [6.45, 7) is 0. The second-order valence-corrected chi connectivity index (χ2v) is 6.28. The maximum absolute atomic E-state index is 12.4. The van der Waals surface area contributed by atoms with Crippen molar-refractivity contribution in [1.82, 2.24) is 15.2 Å². The highest BCUT2D eigenvalue weighted by atomic mass is 32.1. The van der Waals surface area contributed by atoms with E-state index in [2.05, 4.69) is 20.5 Å². The van der Waals surface area contributed by atoms with E-state index in [1.165, 1.54) is 11.3 Å². The SMILES string of the molecule is O=C(Nc1ccc(-c2ccn[nH]2)cc1)c1ccc(Oc2nccs2)cc1. The molecule has 0 saturated heterocycles. The maximum atomic E-state index is 12.4. The molecule has 7 heteroatoms. The minimum absolute atomic E-state index is 0.180. The highest BCUT2D eigenvalue weighted by Gasteiger charge is 2.08. The summed E-state index contributed by atoms with van der Waals surface area (Å²) in [4.78, 5) is 16.4. The Hall–Kier alpha value is -3.45. The van der Waals surface area contributed by atoms with Crippen LogP contribution in [0.3, 0.4) is 0 Å². The Balaban J connectivity index is 1.41. The normalized spacial score (nSPS) is 10.5. The summed E-state index contributed by atoms with van der Waals surface area (Å²) in [5.41, 5.74) is 3.21. The Labute approximate surface area is 153 Å². The van der Waals surface area contributed by atoms with E-state index in [0.29, 0.717) is 16.5 Å². The van der Waals surface area contributed by atoms with E-state index in [4.69, 9.17) is 4.74 Å². The van der Waals surface area contributed by atoms with E-state index in [1.807, 2.05) is 35.7 Å². The summed E-state index contributed by atoms with van der Waals surface area (Å²) in [5, 5.41) is 12.1. The van der Waals surface area contributed by atoms with Crippen LogP contribution in [0.2, 0.25) is 0 Å². The number of nitrogens with one attached hydrogen (secondary N) is 2. The quantitative estimate of drug-likeness (QED) is 0.545. The molecule has 128 valence electrons. The van der Waals surface area contributed by atoms with Crippen molar-refractivity contribution < 1.29 is 9.53 Å². The van der Waals surface area contributed by atoms with Gasteiger partial charge in [0.05, 0.1) is 5.69 Å². The lowest BCUT2D eigenvalue weighted by Gasteiger charge is -2.07. The minimum Gasteiger partial charge on any atom is -0.431 e. The van der Waals surface area contributed by atoms with Gasteiger partial charge in [-0.1, -0.05) is 23.5 Å². The van der Waals surface area contributed by atoms with Crippen LogP contribution in [-0.4, -0.2) is 21.1 Å². The number of carbonyl (C=O) groups excluding carboxylic acids is 1. The van der Waals surface area contributed by atoms with Crippen molar-refractivity contribution in [3.05, 3.63) is 77.9 Å². The van der Waals surface area contributed by atoms with E-state index in [0.717, 1.165) is 16.9 Å². The smallest absolute Gasteiger partial charge is 0.278 e. The molecule has 2 aromatic heterocycles. The van der Waals surface area contributed by atoms with Crippen LogP contribution in [0, 0.1) is 0 Å². The average molecular weight is 362 g/mol. The Morgan fingerprint density at radius 3 is 2.46 bits per heavy atom. The predicted molar refractivity (Wildman–Crippen MR) is 101 cm³/mol. The number of hydrogen-bond acceptors (Lipinski definition) is 5. The van der Waals surface area contributed by atoms with E-state index >= 15 is 0 Å². The van der Waals surface area contributed by atoms with Gasteiger partial charge in [-0.25, -0.2) is 4.98 Å². The number of anilines is 1. The van der Waals surface area contributed by atoms with Crippen LogP contribution in [0.1, 0.15) is 10.4 Å². The molecule has 0 radical (unpaired) electrons. The van der Waals surface area contributed by atoms with Crippen LogP contribution < -0.4 is 10.1 Å². The number of H-pyrrole nitrogens is 1. The van der Waals surface area contributed by atoms with E-state index < -0.39 is 0 Å². The molecule has 26 heavy (non-hydrogen) atoms. The molecule has 0 atom stereocenters. The number of amides is 1. The van der Waals surface area contributed by atoms with Gasteiger partial charge < -0.3 is 10.1 Å². The third-order valence-corrected chi connectivity index (χ3v) is 4.33. The van der Waals surface area contributed by atoms with E-state index in [-0.39, 0.29) is 5.91 Å². The van der Waals surface area contributed by atoms with Crippen molar-refractivity contribution >= 4 is 22.9 Å². The molecular formula is C19H14N4O2S. The molecule has 6 nitrogen and oxygen atoms in total. The zero-order valence-electron chi connectivity index (χ0n) is 13.5. The molecule has 0 spiro atoms. The van der Waals surface area contributed by atoms with Crippen molar-refractivity contribution in [1.29, 1.82) is 0 Å². The molecule has 2 heterocycles. The van der Waals surface area contributed by atoms with Gasteiger partial charge in [0.15, 0.2) is 0 Å². The Morgan fingerprint density at radius 2 is 1.81 bits per heavy atom. The van der Waals surface area contributed by atoms with Crippen molar-refractivity contribution in [2.45, 2.75) is 0 Å². The summed E-state index contributed by atoms with van der Waals surface area (Å²) >= 11 is 1.41. The summed E-state index contributed by atoms with van der Waals surface area (Å²) < 4.78 is 5.59. The number of carbonyl (C=O) groups is 1. The van der Waals surface area contributed by atoms with Gasteiger partial charge >= 0.3 is 0 Å². The first kappa shape index (κ1) is 16.0. The first-order valence-corrected chi connectivity index (χ1v) is 8.74. The van der Waals surface area contributed by atoms with Crippen LogP contribution in [-0.2, 0) is 0 Å². The van der Waals surface area contributed by atoms with Gasteiger partial charge in [0.1, 0.15) is 5.75 Å². The van der Waals surface area contributed by atoms with Gasteiger partial charge in [-0.2, -0.15) is 5.10 Å². The van der Waals surface area contributed by atoms with Crippen LogP contribution in [0.25, 0.3) is 11.3 Å². The molecule has 0 aliphatic rings. The number of aromatic amines is 1. The van der Waals surface area contributed by atoms with Gasteiger partial charge in [0.2, 0.25) is 0 Å². The molecule has 0 saturated carbocycles. The van der Waals surface area contributed by atoms with Crippen molar-refractivity contribution in [3.8, 4) is 22.2 Å². The highest BCUT2D eigenvalue weighted by Crippen LogP contribution is 2.24. The summed E-state index contributed by atoms with van der Waals surface area (Å²) in [5.74, 6) is 0.459. The fraction of sp³-hybridized carbons (Fsp3) is 0. The molecule has 2 aromatic carbocycles. The lowest BCUT2D eigenvalue weighted by atomic mass is 10.1. The summed E-state index contributed by atoms with van der Waals surface area (Å²) in [6.07, 6.45) is 3.38. The third kappa shape index (κ3) is 3.62. The zero-order chi connectivity index (χ0) is 17.8. The first-order valence-electron chi connectivity index (χ1n) is 7.86. The molecule has 0 aliphatic carbocycles. The molecule has 4 rings (SSSR count). The van der Waals surface area contributed by atoms with E-state index in [1.54, 1.807) is 36.7 Å². The molecule has 2 N–H and O–H groups in total. The van der Waals surface area contributed by atoms with Gasteiger partial charge in [-0.15, -0.1) is 0 Å². The first-order chi connectivity index (χ1) is 12.8. The molecule has 4 aromatic rings. The number of benzene rings is 2. The average Bonchev–Trinajstić information content (AvgIpc) is 3.37. The maximum Gasteiger partial charge on any atom is 0.278 e. The van der Waals surface area contributed by atoms with Gasteiger partial charge in [0.25, 0.3) is 11.1 Å². The molecule has 0 bridgehead atoms. The molecular weight excluding hydrogens is 348 g/mol. The number of nitrogens with zero attached hydrogens (tertiary/aromatic N) is 2. The number of thiazole rings is 1. The Bertz CT molecular complexity index is 979. The second-order valence-electron chi connectivity index (χ2n) is 5.43. The topological polar surface area (TPSA) is 79.9 Å². The largest absolute Gasteiger partial charge is 0.431 e. The lowest BCUT2D eigenvalue weighted by Crippen LogP contribution is -2.11. The monoisotopic (exact) mass is 362 g/mol. The van der Waals surface area contributed by atoms with Gasteiger partial charge in [-0.3, -0.25) is 9.89 Å². The van der Waals surface area contributed by atoms with Gasteiger partial charge in [-0.05, 0) is 48.0 Å². The van der Waals surface area contributed by atoms with Crippen LogP contribution in [0.4, 0.5) is 5.69 Å². The highest BCUT2D eigenvalue weighted by molar-refractivity contribution is 7.11. The fourth-order valence-corrected chi connectivity index (χ4v) is 2.89. The summed E-state index contributed by atoms with van der Waals surface area (Å²) in [7, 11) is 0. The van der Waals surface area contributed by atoms with Crippen molar-refractivity contribution in [2.75, 3.05) is 5.32 Å². The standard InChI is InChI=1S/C19H14N4O2S/c24-18(14-3-7-16(8-4-14)25-19-20-11-12-26-19)22-15-5-1-13(2-6-15)17-9-10-21-23-17/h1-12H,(H,21,23)(H,22,24). The molecule has 0 unspecified atom stereocenters. The molecule has 1 amide bonds. The third-order valence-electron chi connectivity index (χ3n) is 3.69. The summed E-state index contributed by atoms with van der Waals surface area (Å²) in [6, 6.07) is 16.4. The number of aromatic nitrogens is 3. The lowest BCUT2D eigenvalue weighted by molar-refractivity contribution is 0.102. The van der Waals surface area contributed by atoms with Crippen LogP contribution in [0.5, 0.6) is 10.9 Å². The Morgan fingerprint density at radius 1 is 1.00 bits per heavy atom. The number of hydrogen-bond donors (Lipinski definition) is 2. The second kappa shape index (κ2) is 7.20. The van der Waals surface area contributed by atoms with Crippen LogP contribution >= 0.6 is 11.3 Å². The fourth-order valence-electron chi connectivity index (χ4n) is 2.39. The zero-order valence-corrected chi connectivity index (χ0v) is 14.4. The Kier molecular flexibility index (Phi) is 4.44. The number of rotatable bonds is 5. The van der Waals surface area contributed by atoms with Crippen molar-refractivity contribution in [2.24, 2.45) is 0 Å². The van der Waals surface area contributed by atoms with Gasteiger partial charge in [0, 0.05) is 29.0 Å². The molecule has 0 fully saturated rings. The molecule has 0 aliphatic heterocycles. The predicted octanol–water partition coefficient (Wildman–Crippen LogP) is 4.58. The van der Waals surface area contributed by atoms with Crippen molar-refractivity contribution in [3.63, 3.8) is 0 Å². The minimum atomic E-state index is -0.180. The number of ether oxygens (including phenoxy) is 1. The van der Waals surface area contributed by atoms with E-state index in [9.17, 15) is 4.79 Å². The van der Waals surface area contributed by atoms with Crippen LogP contribution in [0.15, 0.2) is 72.4 Å².